The van der Waals surface area contributed by atoms with Gasteiger partial charge in [-0.2, -0.15) is 0 Å². The summed E-state index contributed by atoms with van der Waals surface area (Å²) in [5.74, 6) is 0. The summed E-state index contributed by atoms with van der Waals surface area (Å²) in [7, 11) is 0. The van der Waals surface area contributed by atoms with E-state index in [1.165, 1.54) is 76.5 Å². The number of hydrogen-bond donors (Lipinski definition) is 0. The van der Waals surface area contributed by atoms with Crippen LogP contribution in [0.2, 0.25) is 0 Å². The van der Waals surface area contributed by atoms with Gasteiger partial charge in [-0.15, -0.1) is 0 Å². The maximum Gasteiger partial charge on any atom is -0.00144 e. The lowest BCUT2D eigenvalue weighted by Gasteiger charge is -2.36. The first-order valence-electron chi connectivity index (χ1n) is 17.0. The van der Waals surface area contributed by atoms with Crippen LogP contribution in [0.3, 0.4) is 0 Å². The summed E-state index contributed by atoms with van der Waals surface area (Å²) < 4.78 is 0. The molecule has 0 saturated heterocycles. The van der Waals surface area contributed by atoms with Crippen LogP contribution in [0.5, 0.6) is 0 Å². The molecule has 0 aliphatic carbocycles. The fraction of sp³-hybridized carbons (Fsp3) is 0.545. The minimum absolute atomic E-state index is 0.000825. The van der Waals surface area contributed by atoms with E-state index in [4.69, 9.17) is 0 Å². The molecule has 0 atom stereocenters. The van der Waals surface area contributed by atoms with E-state index in [-0.39, 0.29) is 32.5 Å². The molecule has 44 heavy (non-hydrogen) atoms. The molecule has 0 heterocycles. The summed E-state index contributed by atoms with van der Waals surface area (Å²) in [6.07, 6.45) is 0. The molecule has 0 saturated carbocycles. The van der Waals surface area contributed by atoms with Crippen molar-refractivity contribution in [3.05, 3.63) is 69.8 Å². The topological polar surface area (TPSA) is 0 Å². The van der Waals surface area contributed by atoms with E-state index in [1.54, 1.807) is 0 Å². The van der Waals surface area contributed by atoms with Gasteiger partial charge in [-0.1, -0.05) is 161 Å². The second-order valence-corrected chi connectivity index (χ2v) is 20.0. The van der Waals surface area contributed by atoms with Gasteiger partial charge in [0.25, 0.3) is 0 Å². The molecule has 0 N–H and O–H groups in total. The highest BCUT2D eigenvalue weighted by molar-refractivity contribution is 6.36. The molecule has 0 radical (unpaired) electrons. The Morgan fingerprint density at radius 2 is 0.500 bits per heavy atom. The van der Waals surface area contributed by atoms with Crippen LogP contribution in [0.1, 0.15) is 158 Å². The summed E-state index contributed by atoms with van der Waals surface area (Å²) in [6, 6.07) is 15.1. The maximum atomic E-state index is 2.61. The van der Waals surface area contributed by atoms with Gasteiger partial charge >= 0.3 is 0 Å². The van der Waals surface area contributed by atoms with E-state index in [0.717, 1.165) is 0 Å². The van der Waals surface area contributed by atoms with Crippen LogP contribution in [0.4, 0.5) is 0 Å². The molecule has 0 heteroatoms. The lowest BCUT2D eigenvalue weighted by atomic mass is 9.67. The Hall–Kier alpha value is -2.60. The van der Waals surface area contributed by atoms with Crippen LogP contribution in [-0.4, -0.2) is 0 Å². The van der Waals surface area contributed by atoms with E-state index in [9.17, 15) is 0 Å². The first kappa shape index (κ1) is 32.8. The molecule has 0 aliphatic rings. The molecule has 5 aromatic carbocycles. The average molecular weight is 589 g/mol. The SMILES string of the molecule is CC(C)(C)c1ccc2c3c(C(C)(C)C)cc(C(C)(C)C)c4c(C(C)(C)C)cc(C(C)(C)C)c(c5ccc(C(C)(C)C)c1c25)c43. The zero-order valence-corrected chi connectivity index (χ0v) is 31.5. The third-order valence-electron chi connectivity index (χ3n) is 9.95. The van der Waals surface area contributed by atoms with E-state index >= 15 is 0 Å². The second-order valence-electron chi connectivity index (χ2n) is 20.0. The highest BCUT2D eigenvalue weighted by Crippen LogP contribution is 2.54. The fourth-order valence-corrected chi connectivity index (χ4v) is 7.72. The second kappa shape index (κ2) is 9.47. The molecule has 0 aliphatic heterocycles. The number of hydrogen-bond acceptors (Lipinski definition) is 0. The molecule has 0 aromatic heterocycles. The Morgan fingerprint density at radius 3 is 0.773 bits per heavy atom. The lowest BCUT2D eigenvalue weighted by Crippen LogP contribution is -2.23. The minimum atomic E-state index is -0.0193. The van der Waals surface area contributed by atoms with E-state index in [0.29, 0.717) is 0 Å². The average Bonchev–Trinajstić information content (AvgIpc) is 2.81. The van der Waals surface area contributed by atoms with Gasteiger partial charge in [0.2, 0.25) is 0 Å². The van der Waals surface area contributed by atoms with Crippen molar-refractivity contribution in [2.75, 3.05) is 0 Å². The molecule has 5 aromatic rings. The Morgan fingerprint density at radius 1 is 0.250 bits per heavy atom. The van der Waals surface area contributed by atoms with Gasteiger partial charge in [0.05, 0.1) is 0 Å². The van der Waals surface area contributed by atoms with Crippen LogP contribution in [0, 0.1) is 0 Å². The predicted octanol–water partition coefficient (Wildman–Crippen LogP) is 13.5. The van der Waals surface area contributed by atoms with Gasteiger partial charge in [0.15, 0.2) is 0 Å². The Labute approximate surface area is 269 Å². The molecular weight excluding hydrogens is 528 g/mol. The molecule has 236 valence electrons. The zero-order valence-electron chi connectivity index (χ0n) is 31.5. The number of rotatable bonds is 0. The first-order valence-corrected chi connectivity index (χ1v) is 17.0. The largest absolute Gasteiger partial charge is 0.0572 e. The van der Waals surface area contributed by atoms with Crippen molar-refractivity contribution in [3.63, 3.8) is 0 Å². The molecule has 5 rings (SSSR count). The van der Waals surface area contributed by atoms with Crippen molar-refractivity contribution in [2.45, 2.75) is 157 Å². The summed E-state index contributed by atoms with van der Waals surface area (Å²) >= 11 is 0. The van der Waals surface area contributed by atoms with Gasteiger partial charge in [0, 0.05) is 0 Å². The van der Waals surface area contributed by atoms with Crippen molar-refractivity contribution in [2.24, 2.45) is 0 Å². The van der Waals surface area contributed by atoms with E-state index in [1.807, 2.05) is 0 Å². The van der Waals surface area contributed by atoms with Gasteiger partial charge in [-0.25, -0.2) is 0 Å². The van der Waals surface area contributed by atoms with Gasteiger partial charge < -0.3 is 0 Å². The normalized spacial score (nSPS) is 14.6. The van der Waals surface area contributed by atoms with Gasteiger partial charge in [-0.05, 0) is 109 Å². The third-order valence-corrected chi connectivity index (χ3v) is 9.95. The van der Waals surface area contributed by atoms with Crippen LogP contribution < -0.4 is 0 Å². The van der Waals surface area contributed by atoms with Crippen molar-refractivity contribution in [1.29, 1.82) is 0 Å². The van der Waals surface area contributed by atoms with E-state index in [2.05, 4.69) is 161 Å². The van der Waals surface area contributed by atoms with Crippen molar-refractivity contribution in [1.82, 2.24) is 0 Å². The highest BCUT2D eigenvalue weighted by Gasteiger charge is 2.35. The smallest absolute Gasteiger partial charge is 0.00144 e. The van der Waals surface area contributed by atoms with E-state index < -0.39 is 0 Å². The standard InChI is InChI=1S/C44H60/c1-39(2,3)27-21-19-25-33-26(20-22-28(36(27)33)40(4,5)6)35-30(42(10,11)12)24-32(44(16,17)18)37-31(43(13,14)15)23-29(41(7,8)9)34(25)38(35)37/h19-24H,1-18H3. The Balaban J connectivity index is 2.35. The molecule has 0 nitrogen and oxygen atoms in total. The molecule has 0 amide bonds. The van der Waals surface area contributed by atoms with Crippen molar-refractivity contribution < 1.29 is 0 Å². The van der Waals surface area contributed by atoms with Gasteiger partial charge in [-0.3, -0.25) is 0 Å². The zero-order chi connectivity index (χ0) is 33.3. The summed E-state index contributed by atoms with van der Waals surface area (Å²) in [5.41, 5.74) is 8.82. The molecular formula is C44H60. The lowest BCUT2D eigenvalue weighted by molar-refractivity contribution is 0.565. The van der Waals surface area contributed by atoms with Crippen LogP contribution in [0.15, 0.2) is 36.4 Å². The molecule has 0 fully saturated rings. The number of fused-ring (bicyclic) bond motifs is 2. The van der Waals surface area contributed by atoms with Crippen LogP contribution in [-0.2, 0) is 32.5 Å². The fourth-order valence-electron chi connectivity index (χ4n) is 7.72. The highest BCUT2D eigenvalue weighted by atomic mass is 14.4. The molecule has 0 bridgehead atoms. The monoisotopic (exact) mass is 588 g/mol. The third kappa shape index (κ3) is 5.04. The van der Waals surface area contributed by atoms with Crippen molar-refractivity contribution in [3.8, 4) is 0 Å². The quantitative estimate of drug-likeness (QED) is 0.125. The minimum Gasteiger partial charge on any atom is -0.0572 e. The number of benzene rings is 5. The Kier molecular flexibility index (Phi) is 7.05. The molecule has 0 spiro atoms. The predicted molar refractivity (Wildman–Crippen MR) is 200 cm³/mol. The first-order chi connectivity index (χ1) is 19.7. The maximum absolute atomic E-state index is 2.61. The Bertz CT molecular complexity index is 1780. The molecule has 0 unspecified atom stereocenters. The summed E-state index contributed by atoms with van der Waals surface area (Å²) in [4.78, 5) is 0. The summed E-state index contributed by atoms with van der Waals surface area (Å²) in [5, 5.41) is 11.7. The summed E-state index contributed by atoms with van der Waals surface area (Å²) in [6.45, 7) is 43.2. The van der Waals surface area contributed by atoms with Gasteiger partial charge in [0.1, 0.15) is 0 Å². The van der Waals surface area contributed by atoms with Crippen LogP contribution >= 0.6 is 0 Å². The van der Waals surface area contributed by atoms with Crippen LogP contribution in [0.25, 0.3) is 43.1 Å². The van der Waals surface area contributed by atoms with Crippen molar-refractivity contribution >= 4 is 43.1 Å².